The summed E-state index contributed by atoms with van der Waals surface area (Å²) in [5.41, 5.74) is 0.780. The Labute approximate surface area is 120 Å². The molecule has 4 heteroatoms. The van der Waals surface area contributed by atoms with Crippen LogP contribution < -0.4 is 5.32 Å². The SMILES string of the molecule is CN(C)CCC(=O)NCC1(C(O)c2ccccc2)CC1. The molecule has 1 aromatic rings. The van der Waals surface area contributed by atoms with Crippen LogP contribution in [-0.4, -0.2) is 43.1 Å². The first-order valence-corrected chi connectivity index (χ1v) is 7.18. The second kappa shape index (κ2) is 6.37. The standard InChI is InChI=1S/C16H24N2O2/c1-18(2)11-8-14(19)17-12-16(9-10-16)15(20)13-6-4-3-5-7-13/h3-7,15,20H,8-12H2,1-2H3,(H,17,19). The van der Waals surface area contributed by atoms with Gasteiger partial charge >= 0.3 is 0 Å². The largest absolute Gasteiger partial charge is 0.388 e. The monoisotopic (exact) mass is 276 g/mol. The van der Waals surface area contributed by atoms with Crippen molar-refractivity contribution in [1.29, 1.82) is 0 Å². The van der Waals surface area contributed by atoms with E-state index < -0.39 is 6.10 Å². The number of nitrogens with zero attached hydrogens (tertiary/aromatic N) is 1. The van der Waals surface area contributed by atoms with Crippen LogP contribution in [0.25, 0.3) is 0 Å². The van der Waals surface area contributed by atoms with E-state index in [9.17, 15) is 9.90 Å². The number of carbonyl (C=O) groups is 1. The first-order valence-electron chi connectivity index (χ1n) is 7.18. The number of benzene rings is 1. The third kappa shape index (κ3) is 3.81. The Kier molecular flexibility index (Phi) is 4.78. The molecule has 0 saturated heterocycles. The second-order valence-corrected chi connectivity index (χ2v) is 6.01. The predicted molar refractivity (Wildman–Crippen MR) is 79.2 cm³/mol. The molecule has 0 bridgehead atoms. The number of carbonyl (C=O) groups excluding carboxylic acids is 1. The van der Waals surface area contributed by atoms with Gasteiger partial charge in [-0.2, -0.15) is 0 Å². The first-order chi connectivity index (χ1) is 9.53. The van der Waals surface area contributed by atoms with Gasteiger partial charge in [-0.05, 0) is 32.5 Å². The molecule has 1 aromatic carbocycles. The summed E-state index contributed by atoms with van der Waals surface area (Å²) < 4.78 is 0. The maximum Gasteiger partial charge on any atom is 0.221 e. The fourth-order valence-electron chi connectivity index (χ4n) is 2.38. The van der Waals surface area contributed by atoms with E-state index in [1.165, 1.54) is 0 Å². The van der Waals surface area contributed by atoms with Gasteiger partial charge in [0.05, 0.1) is 6.10 Å². The van der Waals surface area contributed by atoms with Gasteiger partial charge in [0.1, 0.15) is 0 Å². The van der Waals surface area contributed by atoms with E-state index in [1.807, 2.05) is 49.3 Å². The molecule has 1 aliphatic rings. The van der Waals surface area contributed by atoms with Crippen molar-refractivity contribution in [3.63, 3.8) is 0 Å². The van der Waals surface area contributed by atoms with Gasteiger partial charge < -0.3 is 15.3 Å². The van der Waals surface area contributed by atoms with E-state index in [2.05, 4.69) is 5.32 Å². The molecule has 1 fully saturated rings. The lowest BCUT2D eigenvalue weighted by atomic mass is 9.92. The molecule has 1 amide bonds. The Balaban J connectivity index is 1.84. The first kappa shape index (κ1) is 15.0. The van der Waals surface area contributed by atoms with Crippen molar-refractivity contribution in [3.05, 3.63) is 35.9 Å². The number of rotatable bonds is 7. The van der Waals surface area contributed by atoms with Crippen LogP contribution >= 0.6 is 0 Å². The quantitative estimate of drug-likeness (QED) is 0.795. The summed E-state index contributed by atoms with van der Waals surface area (Å²) >= 11 is 0. The fourth-order valence-corrected chi connectivity index (χ4v) is 2.38. The van der Waals surface area contributed by atoms with Gasteiger partial charge in [0.25, 0.3) is 0 Å². The highest BCUT2D eigenvalue weighted by Crippen LogP contribution is 2.54. The van der Waals surface area contributed by atoms with Gasteiger partial charge in [-0.25, -0.2) is 0 Å². The topological polar surface area (TPSA) is 52.6 Å². The minimum absolute atomic E-state index is 0.0604. The maximum absolute atomic E-state index is 11.8. The highest BCUT2D eigenvalue weighted by Gasteiger charge is 2.49. The molecule has 4 nitrogen and oxygen atoms in total. The van der Waals surface area contributed by atoms with E-state index in [0.29, 0.717) is 13.0 Å². The van der Waals surface area contributed by atoms with Crippen molar-refractivity contribution in [2.24, 2.45) is 5.41 Å². The molecule has 2 rings (SSSR count). The van der Waals surface area contributed by atoms with Gasteiger partial charge in [-0.3, -0.25) is 4.79 Å². The van der Waals surface area contributed by atoms with Gasteiger partial charge in [0, 0.05) is 24.9 Å². The summed E-state index contributed by atoms with van der Waals surface area (Å²) in [4.78, 5) is 13.8. The van der Waals surface area contributed by atoms with Crippen LogP contribution in [-0.2, 0) is 4.79 Å². The molecule has 0 spiro atoms. The average molecular weight is 276 g/mol. The zero-order valence-corrected chi connectivity index (χ0v) is 12.3. The molecule has 0 aromatic heterocycles. The Bertz CT molecular complexity index is 441. The zero-order chi connectivity index (χ0) is 14.6. The van der Waals surface area contributed by atoms with E-state index in [0.717, 1.165) is 24.9 Å². The smallest absolute Gasteiger partial charge is 0.221 e. The number of hydrogen-bond acceptors (Lipinski definition) is 3. The molecule has 1 saturated carbocycles. The molecule has 2 N–H and O–H groups in total. The number of aliphatic hydroxyl groups excluding tert-OH is 1. The third-order valence-corrected chi connectivity index (χ3v) is 4.01. The van der Waals surface area contributed by atoms with E-state index in [4.69, 9.17) is 0 Å². The number of hydrogen-bond donors (Lipinski definition) is 2. The van der Waals surface area contributed by atoms with Crippen LogP contribution in [0.4, 0.5) is 0 Å². The molecular weight excluding hydrogens is 252 g/mol. The van der Waals surface area contributed by atoms with E-state index in [-0.39, 0.29) is 11.3 Å². The molecule has 20 heavy (non-hydrogen) atoms. The van der Waals surface area contributed by atoms with Crippen LogP contribution in [0, 0.1) is 5.41 Å². The highest BCUT2D eigenvalue weighted by atomic mass is 16.3. The zero-order valence-electron chi connectivity index (χ0n) is 12.3. The predicted octanol–water partition coefficient (Wildman–Crippen LogP) is 1.57. The number of nitrogens with one attached hydrogen (secondary N) is 1. The third-order valence-electron chi connectivity index (χ3n) is 4.01. The van der Waals surface area contributed by atoms with Gasteiger partial charge in [-0.15, -0.1) is 0 Å². The minimum atomic E-state index is -0.488. The summed E-state index contributed by atoms with van der Waals surface area (Å²) in [5, 5.41) is 13.4. The van der Waals surface area contributed by atoms with Gasteiger partial charge in [-0.1, -0.05) is 30.3 Å². The minimum Gasteiger partial charge on any atom is -0.388 e. The summed E-state index contributed by atoms with van der Waals surface area (Å²) in [5.74, 6) is 0.0604. The summed E-state index contributed by atoms with van der Waals surface area (Å²) in [6.45, 7) is 1.31. The summed E-state index contributed by atoms with van der Waals surface area (Å²) in [6.07, 6.45) is 1.95. The summed E-state index contributed by atoms with van der Waals surface area (Å²) in [6, 6.07) is 9.70. The van der Waals surface area contributed by atoms with Crippen molar-refractivity contribution in [2.45, 2.75) is 25.4 Å². The van der Waals surface area contributed by atoms with E-state index in [1.54, 1.807) is 0 Å². The lowest BCUT2D eigenvalue weighted by Gasteiger charge is -2.23. The number of amides is 1. The van der Waals surface area contributed by atoms with Crippen molar-refractivity contribution in [2.75, 3.05) is 27.2 Å². The summed E-state index contributed by atoms with van der Waals surface area (Å²) in [7, 11) is 3.91. The number of aliphatic hydroxyl groups is 1. The van der Waals surface area contributed by atoms with Gasteiger partial charge in [0.2, 0.25) is 5.91 Å². The molecule has 0 aliphatic heterocycles. The molecule has 110 valence electrons. The van der Waals surface area contributed by atoms with Gasteiger partial charge in [0.15, 0.2) is 0 Å². The average Bonchev–Trinajstić information content (AvgIpc) is 3.24. The Hall–Kier alpha value is -1.39. The van der Waals surface area contributed by atoms with E-state index >= 15 is 0 Å². The van der Waals surface area contributed by atoms with Crippen molar-refractivity contribution in [3.8, 4) is 0 Å². The Morgan fingerprint density at radius 2 is 2.00 bits per heavy atom. The molecule has 0 radical (unpaired) electrons. The van der Waals surface area contributed by atoms with Crippen LogP contribution in [0.2, 0.25) is 0 Å². The van der Waals surface area contributed by atoms with Crippen molar-refractivity contribution in [1.82, 2.24) is 10.2 Å². The van der Waals surface area contributed by atoms with Crippen LogP contribution in [0.15, 0.2) is 30.3 Å². The molecule has 0 heterocycles. The highest BCUT2D eigenvalue weighted by molar-refractivity contribution is 5.76. The molecule has 1 atom stereocenters. The molecule has 1 unspecified atom stereocenters. The lowest BCUT2D eigenvalue weighted by Crippen LogP contribution is -2.34. The Morgan fingerprint density at radius 3 is 2.55 bits per heavy atom. The maximum atomic E-state index is 11.8. The van der Waals surface area contributed by atoms with Crippen LogP contribution in [0.1, 0.15) is 30.9 Å². The molecular formula is C16H24N2O2. The van der Waals surface area contributed by atoms with Crippen molar-refractivity contribution >= 4 is 5.91 Å². The fraction of sp³-hybridized carbons (Fsp3) is 0.562. The Morgan fingerprint density at radius 1 is 1.35 bits per heavy atom. The normalized spacial score (nSPS) is 17.8. The van der Waals surface area contributed by atoms with Crippen LogP contribution in [0.5, 0.6) is 0 Å². The molecule has 1 aliphatic carbocycles. The second-order valence-electron chi connectivity index (χ2n) is 6.01. The van der Waals surface area contributed by atoms with Crippen molar-refractivity contribution < 1.29 is 9.90 Å². The lowest BCUT2D eigenvalue weighted by molar-refractivity contribution is -0.121. The van der Waals surface area contributed by atoms with Crippen LogP contribution in [0.3, 0.4) is 0 Å².